The molecule has 5 aromatic rings. The summed E-state index contributed by atoms with van der Waals surface area (Å²) in [6, 6.07) is 18.0. The van der Waals surface area contributed by atoms with Gasteiger partial charge in [0.2, 0.25) is 0 Å². The second-order valence-electron chi connectivity index (χ2n) is 8.35. The van der Waals surface area contributed by atoms with Crippen molar-refractivity contribution < 1.29 is 5.11 Å². The largest absolute Gasteiger partial charge is 0.392 e. The Morgan fingerprint density at radius 3 is 2.50 bits per heavy atom. The normalized spacial score (nSPS) is 11.2. The molecule has 0 unspecified atom stereocenters. The van der Waals surface area contributed by atoms with Crippen LogP contribution in [0.3, 0.4) is 0 Å². The number of halogens is 1. The van der Waals surface area contributed by atoms with Crippen molar-refractivity contribution in [3.63, 3.8) is 0 Å². The van der Waals surface area contributed by atoms with E-state index in [1.165, 1.54) is 0 Å². The summed E-state index contributed by atoms with van der Waals surface area (Å²) in [6.07, 6.45) is 5.23. The predicted octanol–water partition coefficient (Wildman–Crippen LogP) is 5.58. The first-order valence-corrected chi connectivity index (χ1v) is 11.3. The molecule has 0 bridgehead atoms. The first kappa shape index (κ1) is 22.1. The monoisotopic (exact) mass is 469 g/mol. The van der Waals surface area contributed by atoms with Crippen LogP contribution in [0.4, 0.5) is 5.82 Å². The molecule has 0 atom stereocenters. The van der Waals surface area contributed by atoms with Crippen molar-refractivity contribution in [3.8, 4) is 33.6 Å². The third kappa shape index (κ3) is 3.71. The zero-order chi connectivity index (χ0) is 23.8. The second-order valence-corrected chi connectivity index (χ2v) is 8.73. The van der Waals surface area contributed by atoms with Crippen molar-refractivity contribution in [1.29, 1.82) is 0 Å². The highest BCUT2D eigenvalue weighted by Crippen LogP contribution is 2.41. The number of hydrogen-bond acceptors (Lipinski definition) is 5. The summed E-state index contributed by atoms with van der Waals surface area (Å²) < 4.78 is 1.89. The summed E-state index contributed by atoms with van der Waals surface area (Å²) in [7, 11) is 5.85. The minimum atomic E-state index is -0.150. The van der Waals surface area contributed by atoms with Crippen molar-refractivity contribution in [3.05, 3.63) is 83.9 Å². The van der Waals surface area contributed by atoms with E-state index in [1.54, 1.807) is 18.7 Å². The number of fused-ring (bicyclic) bond motifs is 1. The molecule has 0 aliphatic rings. The van der Waals surface area contributed by atoms with Crippen LogP contribution >= 0.6 is 11.6 Å². The van der Waals surface area contributed by atoms with Gasteiger partial charge in [0.05, 0.1) is 41.1 Å². The minimum Gasteiger partial charge on any atom is -0.392 e. The van der Waals surface area contributed by atoms with Gasteiger partial charge in [0, 0.05) is 43.9 Å². The molecular formula is C27H24ClN5O. The lowest BCUT2D eigenvalue weighted by Crippen LogP contribution is -2.12. The number of hydrogen-bond donors (Lipinski definition) is 1. The van der Waals surface area contributed by atoms with Crippen LogP contribution in [0.15, 0.2) is 73.3 Å². The van der Waals surface area contributed by atoms with Crippen LogP contribution < -0.4 is 4.90 Å². The Morgan fingerprint density at radius 1 is 1.03 bits per heavy atom. The Morgan fingerprint density at radius 2 is 1.82 bits per heavy atom. The Kier molecular flexibility index (Phi) is 5.77. The SMILES string of the molecule is CN(C)c1nc2ccc(-c3ccnc(-c4cncn4C)c3CO)cc2c(Cl)c1-c1ccccc1. The fraction of sp³-hybridized carbons (Fsp3) is 0.148. The van der Waals surface area contributed by atoms with Crippen LogP contribution in [0.1, 0.15) is 5.56 Å². The van der Waals surface area contributed by atoms with Gasteiger partial charge >= 0.3 is 0 Å². The lowest BCUT2D eigenvalue weighted by atomic mass is 9.96. The van der Waals surface area contributed by atoms with Crippen molar-refractivity contribution in [2.24, 2.45) is 7.05 Å². The van der Waals surface area contributed by atoms with Crippen LogP contribution in [0.25, 0.3) is 44.5 Å². The fourth-order valence-electron chi connectivity index (χ4n) is 4.29. The molecule has 0 spiro atoms. The molecular weight excluding hydrogens is 446 g/mol. The average molecular weight is 470 g/mol. The standard InChI is InChI=1S/C27H24ClN5O/c1-32(2)27-24(17-7-5-4-6-8-17)25(28)20-13-18(9-10-22(20)31-27)19-11-12-30-26(21(19)15-34)23-14-29-16-33(23)3/h4-14,16,34H,15H2,1-3H3. The molecule has 3 aromatic heterocycles. The zero-order valence-corrected chi connectivity index (χ0v) is 20.0. The summed E-state index contributed by atoms with van der Waals surface area (Å²) in [4.78, 5) is 15.6. The van der Waals surface area contributed by atoms with Crippen LogP contribution in [-0.4, -0.2) is 38.7 Å². The number of benzene rings is 2. The first-order valence-electron chi connectivity index (χ1n) is 10.9. The summed E-state index contributed by atoms with van der Waals surface area (Å²) in [5.74, 6) is 0.815. The number of aromatic nitrogens is 4. The number of anilines is 1. The molecule has 5 rings (SSSR count). The molecule has 0 saturated carbocycles. The third-order valence-corrected chi connectivity index (χ3v) is 6.37. The third-order valence-electron chi connectivity index (χ3n) is 5.97. The maximum absolute atomic E-state index is 10.3. The lowest BCUT2D eigenvalue weighted by Gasteiger charge is -2.20. The minimum absolute atomic E-state index is 0.150. The highest BCUT2D eigenvalue weighted by molar-refractivity contribution is 6.39. The van der Waals surface area contributed by atoms with Gasteiger partial charge in [0.15, 0.2) is 0 Å². The number of pyridine rings is 2. The molecule has 3 heterocycles. The van der Waals surface area contributed by atoms with Crippen molar-refractivity contribution in [2.75, 3.05) is 19.0 Å². The van der Waals surface area contributed by atoms with E-state index in [2.05, 4.69) is 9.97 Å². The summed E-state index contributed by atoms with van der Waals surface area (Å²) >= 11 is 7.05. The van der Waals surface area contributed by atoms with Crippen LogP contribution in [0, 0.1) is 0 Å². The molecule has 34 heavy (non-hydrogen) atoms. The smallest absolute Gasteiger partial charge is 0.138 e. The molecule has 0 saturated heterocycles. The van der Waals surface area contributed by atoms with E-state index in [-0.39, 0.29) is 6.61 Å². The van der Waals surface area contributed by atoms with Gasteiger partial charge in [-0.05, 0) is 34.9 Å². The van der Waals surface area contributed by atoms with Crippen LogP contribution in [0.5, 0.6) is 0 Å². The van der Waals surface area contributed by atoms with Gasteiger partial charge in [-0.2, -0.15) is 0 Å². The van der Waals surface area contributed by atoms with Gasteiger partial charge in [-0.15, -0.1) is 0 Å². The molecule has 0 amide bonds. The van der Waals surface area contributed by atoms with Gasteiger partial charge in [0.1, 0.15) is 5.82 Å². The van der Waals surface area contributed by atoms with Gasteiger partial charge in [-0.3, -0.25) is 4.98 Å². The van der Waals surface area contributed by atoms with E-state index in [4.69, 9.17) is 16.6 Å². The van der Waals surface area contributed by atoms with Crippen LogP contribution in [0.2, 0.25) is 5.02 Å². The first-order chi connectivity index (χ1) is 16.5. The molecule has 0 fully saturated rings. The predicted molar refractivity (Wildman–Crippen MR) is 138 cm³/mol. The maximum Gasteiger partial charge on any atom is 0.138 e. The second kappa shape index (κ2) is 8.89. The van der Waals surface area contributed by atoms with Gasteiger partial charge in [-0.1, -0.05) is 48.0 Å². The Labute approximate surface area is 203 Å². The Balaban J connectivity index is 1.74. The molecule has 6 nitrogen and oxygen atoms in total. The van der Waals surface area contributed by atoms with Gasteiger partial charge in [0.25, 0.3) is 0 Å². The van der Waals surface area contributed by atoms with Crippen LogP contribution in [-0.2, 0) is 13.7 Å². The summed E-state index contributed by atoms with van der Waals surface area (Å²) in [6.45, 7) is -0.150. The zero-order valence-electron chi connectivity index (χ0n) is 19.2. The topological polar surface area (TPSA) is 67.1 Å². The molecule has 0 radical (unpaired) electrons. The van der Waals surface area contributed by atoms with Crippen molar-refractivity contribution in [2.45, 2.75) is 6.61 Å². The molecule has 7 heteroatoms. The number of aliphatic hydroxyl groups is 1. The van der Waals surface area contributed by atoms with E-state index in [1.807, 2.05) is 85.2 Å². The number of imidazole rings is 1. The molecule has 170 valence electrons. The van der Waals surface area contributed by atoms with Gasteiger partial charge in [-0.25, -0.2) is 9.97 Å². The average Bonchev–Trinajstić information content (AvgIpc) is 3.29. The van der Waals surface area contributed by atoms with Gasteiger partial charge < -0.3 is 14.6 Å². The van der Waals surface area contributed by atoms with Crippen molar-refractivity contribution in [1.82, 2.24) is 19.5 Å². The Bertz CT molecular complexity index is 1490. The molecule has 0 aliphatic heterocycles. The molecule has 2 aromatic carbocycles. The quantitative estimate of drug-likeness (QED) is 0.364. The number of nitrogens with zero attached hydrogens (tertiary/aromatic N) is 5. The van der Waals surface area contributed by atoms with E-state index in [9.17, 15) is 5.11 Å². The highest BCUT2D eigenvalue weighted by Gasteiger charge is 2.19. The lowest BCUT2D eigenvalue weighted by molar-refractivity contribution is 0.282. The number of aryl methyl sites for hydroxylation is 1. The van der Waals surface area contributed by atoms with E-state index >= 15 is 0 Å². The highest BCUT2D eigenvalue weighted by atomic mass is 35.5. The summed E-state index contributed by atoms with van der Waals surface area (Å²) in [5.41, 5.74) is 6.82. The number of aliphatic hydroxyl groups excluding tert-OH is 1. The fourth-order valence-corrected chi connectivity index (χ4v) is 4.64. The van der Waals surface area contributed by atoms with Crippen molar-refractivity contribution >= 4 is 28.3 Å². The maximum atomic E-state index is 10.3. The molecule has 0 aliphatic carbocycles. The Hall–Kier alpha value is -3.74. The van der Waals surface area contributed by atoms with E-state index in [0.29, 0.717) is 10.7 Å². The van der Waals surface area contributed by atoms with E-state index < -0.39 is 0 Å². The molecule has 1 N–H and O–H groups in total. The van der Waals surface area contributed by atoms with E-state index in [0.717, 1.165) is 50.2 Å². The summed E-state index contributed by atoms with van der Waals surface area (Å²) in [5, 5.41) is 11.8. The number of rotatable bonds is 5.